The first-order chi connectivity index (χ1) is 8.63. The maximum atomic E-state index is 14.2. The monoisotopic (exact) mass is 302 g/mol. The molecule has 0 saturated carbocycles. The third kappa shape index (κ3) is 1.56. The molecular formula is C10H5Cl2FN4S. The number of halogens is 3. The number of imidazole rings is 1. The van der Waals surface area contributed by atoms with Crippen molar-refractivity contribution in [2.24, 2.45) is 0 Å². The van der Waals surface area contributed by atoms with Gasteiger partial charge in [-0.2, -0.15) is 0 Å². The highest BCUT2D eigenvalue weighted by atomic mass is 35.5. The molecule has 0 aliphatic heterocycles. The van der Waals surface area contributed by atoms with Crippen LogP contribution in [0.2, 0.25) is 10.3 Å². The van der Waals surface area contributed by atoms with E-state index in [-0.39, 0.29) is 15.8 Å². The number of aromatic nitrogens is 4. The molecule has 0 radical (unpaired) electrons. The van der Waals surface area contributed by atoms with Gasteiger partial charge in [0, 0.05) is 12.4 Å². The first-order valence-corrected chi connectivity index (χ1v) is 6.82. The van der Waals surface area contributed by atoms with E-state index in [2.05, 4.69) is 15.0 Å². The van der Waals surface area contributed by atoms with Crippen molar-refractivity contribution in [3.63, 3.8) is 0 Å². The SMILES string of the molecule is CSc1nc(Cl)c2c(n1)c(F)c(Cl)n1ccnc21. The number of rotatable bonds is 1. The van der Waals surface area contributed by atoms with Crippen LogP contribution in [-0.4, -0.2) is 25.6 Å². The third-order valence-electron chi connectivity index (χ3n) is 2.49. The Labute approximate surface area is 115 Å². The smallest absolute Gasteiger partial charge is 0.189 e. The second-order valence-corrected chi connectivity index (χ2v) is 4.94. The van der Waals surface area contributed by atoms with Gasteiger partial charge in [0.2, 0.25) is 0 Å². The van der Waals surface area contributed by atoms with Gasteiger partial charge in [0.1, 0.15) is 10.7 Å². The Morgan fingerprint density at radius 3 is 2.83 bits per heavy atom. The highest BCUT2D eigenvalue weighted by molar-refractivity contribution is 7.98. The molecule has 0 spiro atoms. The number of hydrogen-bond donors (Lipinski definition) is 0. The Balaban J connectivity index is 2.61. The Morgan fingerprint density at radius 1 is 1.33 bits per heavy atom. The molecule has 0 aliphatic carbocycles. The fourth-order valence-corrected chi connectivity index (χ4v) is 2.61. The third-order valence-corrected chi connectivity index (χ3v) is 3.66. The lowest BCUT2D eigenvalue weighted by Crippen LogP contribution is -1.99. The van der Waals surface area contributed by atoms with Gasteiger partial charge in [-0.1, -0.05) is 35.0 Å². The normalized spacial score (nSPS) is 11.6. The van der Waals surface area contributed by atoms with Crippen LogP contribution in [0.4, 0.5) is 4.39 Å². The van der Waals surface area contributed by atoms with Gasteiger partial charge >= 0.3 is 0 Å². The van der Waals surface area contributed by atoms with E-state index < -0.39 is 5.82 Å². The number of fused-ring (bicyclic) bond motifs is 3. The molecule has 3 aromatic rings. The summed E-state index contributed by atoms with van der Waals surface area (Å²) in [5.41, 5.74) is 0.525. The largest absolute Gasteiger partial charge is 0.287 e. The molecule has 0 aromatic carbocycles. The molecule has 0 bridgehead atoms. The summed E-state index contributed by atoms with van der Waals surface area (Å²) >= 11 is 13.3. The maximum Gasteiger partial charge on any atom is 0.189 e. The van der Waals surface area contributed by atoms with Gasteiger partial charge in [0.15, 0.2) is 21.8 Å². The van der Waals surface area contributed by atoms with Crippen molar-refractivity contribution in [3.05, 3.63) is 28.5 Å². The molecule has 0 amide bonds. The first kappa shape index (κ1) is 12.0. The lowest BCUT2D eigenvalue weighted by atomic mass is 10.3. The molecule has 0 N–H and O–H groups in total. The molecule has 3 heterocycles. The molecule has 18 heavy (non-hydrogen) atoms. The van der Waals surface area contributed by atoms with Crippen LogP contribution in [-0.2, 0) is 0 Å². The summed E-state index contributed by atoms with van der Waals surface area (Å²) in [5.74, 6) is -0.628. The Kier molecular flexibility index (Phi) is 2.80. The number of nitrogens with zero attached hydrogens (tertiary/aromatic N) is 4. The van der Waals surface area contributed by atoms with E-state index in [1.165, 1.54) is 22.4 Å². The van der Waals surface area contributed by atoms with Gasteiger partial charge in [-0.25, -0.2) is 19.3 Å². The second kappa shape index (κ2) is 4.22. The quantitative estimate of drug-likeness (QED) is 0.299. The average molecular weight is 303 g/mol. The zero-order chi connectivity index (χ0) is 12.9. The van der Waals surface area contributed by atoms with Gasteiger partial charge in [0.25, 0.3) is 0 Å². The molecular weight excluding hydrogens is 298 g/mol. The standard InChI is InChI=1S/C10H5Cl2FN4S/c1-18-10-15-6-4(7(11)16-10)9-14-2-3-17(9)8(12)5(6)13/h2-3H,1H3. The maximum absolute atomic E-state index is 14.2. The molecule has 0 atom stereocenters. The fraction of sp³-hybridized carbons (Fsp3) is 0.100. The molecule has 0 unspecified atom stereocenters. The van der Waals surface area contributed by atoms with Crippen molar-refractivity contribution in [3.8, 4) is 0 Å². The second-order valence-electron chi connectivity index (χ2n) is 3.45. The summed E-state index contributed by atoms with van der Waals surface area (Å²) in [5, 5.41) is 0.840. The Hall–Kier alpha value is -1.11. The highest BCUT2D eigenvalue weighted by Crippen LogP contribution is 2.32. The van der Waals surface area contributed by atoms with E-state index >= 15 is 0 Å². The van der Waals surface area contributed by atoms with Crippen LogP contribution in [0.3, 0.4) is 0 Å². The molecule has 92 valence electrons. The molecule has 3 aromatic heterocycles. The highest BCUT2D eigenvalue weighted by Gasteiger charge is 2.19. The summed E-state index contributed by atoms with van der Waals surface area (Å²) in [6, 6.07) is 0. The zero-order valence-corrected chi connectivity index (χ0v) is 11.3. The molecule has 4 nitrogen and oxygen atoms in total. The minimum Gasteiger partial charge on any atom is -0.287 e. The van der Waals surface area contributed by atoms with E-state index in [1.54, 1.807) is 12.5 Å². The van der Waals surface area contributed by atoms with E-state index in [0.717, 1.165) is 0 Å². The lowest BCUT2D eigenvalue weighted by Gasteiger charge is -2.07. The van der Waals surface area contributed by atoms with Crippen molar-refractivity contribution < 1.29 is 4.39 Å². The molecule has 0 aliphatic rings. The van der Waals surface area contributed by atoms with E-state index in [1.807, 2.05) is 0 Å². The van der Waals surface area contributed by atoms with Gasteiger partial charge in [0.05, 0.1) is 5.39 Å². The van der Waals surface area contributed by atoms with Crippen LogP contribution >= 0.6 is 35.0 Å². The Bertz CT molecular complexity index is 773. The van der Waals surface area contributed by atoms with E-state index in [0.29, 0.717) is 16.2 Å². The van der Waals surface area contributed by atoms with E-state index in [4.69, 9.17) is 23.2 Å². The van der Waals surface area contributed by atoms with Crippen LogP contribution in [0.5, 0.6) is 0 Å². The first-order valence-electron chi connectivity index (χ1n) is 4.84. The molecule has 3 rings (SSSR count). The van der Waals surface area contributed by atoms with Crippen LogP contribution < -0.4 is 0 Å². The van der Waals surface area contributed by atoms with Gasteiger partial charge in [-0.05, 0) is 6.26 Å². The van der Waals surface area contributed by atoms with Crippen LogP contribution in [0.15, 0.2) is 17.6 Å². The summed E-state index contributed by atoms with van der Waals surface area (Å²) in [6.45, 7) is 0. The minimum absolute atomic E-state index is 0.0724. The number of hydrogen-bond acceptors (Lipinski definition) is 4. The zero-order valence-electron chi connectivity index (χ0n) is 8.99. The van der Waals surface area contributed by atoms with Crippen molar-refractivity contribution in [1.29, 1.82) is 0 Å². The predicted molar refractivity (Wildman–Crippen MR) is 70.0 cm³/mol. The average Bonchev–Trinajstić information content (AvgIpc) is 2.84. The van der Waals surface area contributed by atoms with Crippen molar-refractivity contribution in [1.82, 2.24) is 19.4 Å². The summed E-state index contributed by atoms with van der Waals surface area (Å²) in [7, 11) is 0. The van der Waals surface area contributed by atoms with Crippen molar-refractivity contribution >= 4 is 51.5 Å². The fourth-order valence-electron chi connectivity index (χ4n) is 1.71. The number of thioether (sulfide) groups is 1. The van der Waals surface area contributed by atoms with Gasteiger partial charge in [-0.3, -0.25) is 4.40 Å². The summed E-state index contributed by atoms with van der Waals surface area (Å²) < 4.78 is 15.6. The van der Waals surface area contributed by atoms with Crippen molar-refractivity contribution in [2.45, 2.75) is 5.16 Å². The van der Waals surface area contributed by atoms with Gasteiger partial charge in [-0.15, -0.1) is 0 Å². The van der Waals surface area contributed by atoms with Crippen LogP contribution in [0.25, 0.3) is 16.6 Å². The van der Waals surface area contributed by atoms with Crippen molar-refractivity contribution in [2.75, 3.05) is 6.26 Å². The molecule has 8 heteroatoms. The summed E-state index contributed by atoms with van der Waals surface area (Å²) in [6.07, 6.45) is 4.85. The van der Waals surface area contributed by atoms with Gasteiger partial charge < -0.3 is 0 Å². The molecule has 0 fully saturated rings. The minimum atomic E-state index is -0.628. The van der Waals surface area contributed by atoms with E-state index in [9.17, 15) is 4.39 Å². The van der Waals surface area contributed by atoms with Crippen LogP contribution in [0, 0.1) is 5.82 Å². The lowest BCUT2D eigenvalue weighted by molar-refractivity contribution is 0.627. The predicted octanol–water partition coefficient (Wildman–Crippen LogP) is 3.45. The summed E-state index contributed by atoms with van der Waals surface area (Å²) in [4.78, 5) is 12.3. The topological polar surface area (TPSA) is 43.1 Å². The number of pyridine rings is 1. The van der Waals surface area contributed by atoms with Crippen LogP contribution in [0.1, 0.15) is 0 Å². The molecule has 0 saturated heterocycles. The Morgan fingerprint density at radius 2 is 2.11 bits per heavy atom.